The lowest BCUT2D eigenvalue weighted by atomic mass is 9.65. The average Bonchev–Trinajstić information content (AvgIpc) is 1.64. The molecule has 0 N–H and O–H groups in total. The van der Waals surface area contributed by atoms with E-state index in [4.69, 9.17) is 15.7 Å². The molecule has 0 spiro atoms. The Bertz CT molecular complexity index is 64.9. The number of hydrogen-bond acceptors (Lipinski definition) is 0. The van der Waals surface area contributed by atoms with Gasteiger partial charge in [0.15, 0.2) is 0 Å². The molecule has 2 heteroatoms. The van der Waals surface area contributed by atoms with E-state index in [0.29, 0.717) is 11.6 Å². The first kappa shape index (κ1) is 6.25. The van der Waals surface area contributed by atoms with Gasteiger partial charge in [-0.1, -0.05) is 37.3 Å². The zero-order valence-corrected chi connectivity index (χ0v) is 5.14. The van der Waals surface area contributed by atoms with Crippen LogP contribution < -0.4 is 0 Å². The molecule has 0 amide bonds. The highest BCUT2D eigenvalue weighted by atomic mass is 14.1. The molecule has 0 aromatic rings. The lowest BCUT2D eigenvalue weighted by molar-refractivity contribution is 0.504. The van der Waals surface area contributed by atoms with Crippen molar-refractivity contribution in [2.75, 3.05) is 0 Å². The van der Waals surface area contributed by atoms with E-state index in [9.17, 15) is 0 Å². The van der Waals surface area contributed by atoms with Crippen LogP contribution in [0, 0.1) is 0 Å². The van der Waals surface area contributed by atoms with Gasteiger partial charge >= 0.3 is 0 Å². The van der Waals surface area contributed by atoms with E-state index < -0.39 is 0 Å². The Hall–Kier alpha value is 0.130. The SMILES string of the molecule is [B]C1CCCC([B])C1. The van der Waals surface area contributed by atoms with Crippen LogP contribution in [0.2, 0.25) is 11.6 Å². The lowest BCUT2D eigenvalue weighted by Gasteiger charge is -2.23. The van der Waals surface area contributed by atoms with Gasteiger partial charge in [-0.3, -0.25) is 0 Å². The van der Waals surface area contributed by atoms with Crippen molar-refractivity contribution in [3.05, 3.63) is 0 Å². The lowest BCUT2D eigenvalue weighted by Crippen LogP contribution is -2.06. The molecule has 1 aliphatic carbocycles. The van der Waals surface area contributed by atoms with E-state index in [-0.39, 0.29) is 0 Å². The Morgan fingerprint density at radius 3 is 1.75 bits per heavy atom. The molecule has 0 aliphatic heterocycles. The molecule has 40 valence electrons. The summed E-state index contributed by atoms with van der Waals surface area (Å²) in [5.41, 5.74) is 0. The van der Waals surface area contributed by atoms with Crippen LogP contribution in [0.1, 0.15) is 25.7 Å². The van der Waals surface area contributed by atoms with Crippen molar-refractivity contribution in [3.63, 3.8) is 0 Å². The molecule has 0 bridgehead atoms. The van der Waals surface area contributed by atoms with Crippen LogP contribution in [0.5, 0.6) is 0 Å². The Morgan fingerprint density at radius 2 is 1.50 bits per heavy atom. The molecule has 1 fully saturated rings. The maximum absolute atomic E-state index is 5.65. The monoisotopic (exact) mass is 104 g/mol. The quantitative estimate of drug-likeness (QED) is 0.408. The predicted molar refractivity (Wildman–Crippen MR) is 37.5 cm³/mol. The molecule has 1 aliphatic rings. The van der Waals surface area contributed by atoms with Gasteiger partial charge in [0, 0.05) is 0 Å². The van der Waals surface area contributed by atoms with Crippen LogP contribution in [0.15, 0.2) is 0 Å². The fourth-order valence-electron chi connectivity index (χ4n) is 1.27. The summed E-state index contributed by atoms with van der Waals surface area (Å²) in [5.74, 6) is 0.775. The van der Waals surface area contributed by atoms with Gasteiger partial charge in [0.05, 0.1) is 15.7 Å². The summed E-state index contributed by atoms with van der Waals surface area (Å²) >= 11 is 0. The number of rotatable bonds is 0. The van der Waals surface area contributed by atoms with E-state index in [1.54, 1.807) is 0 Å². The molecule has 0 aromatic heterocycles. The third-order valence-electron chi connectivity index (χ3n) is 1.76. The standard InChI is InChI=1S/C6H10B2/c7-5-2-1-3-6(8)4-5/h5-6H,1-4H2. The summed E-state index contributed by atoms with van der Waals surface area (Å²) < 4.78 is 0. The molecule has 4 radical (unpaired) electrons. The molecule has 1 saturated carbocycles. The molecular formula is C6H10B2. The van der Waals surface area contributed by atoms with Gasteiger partial charge in [-0.25, -0.2) is 0 Å². The first-order valence-corrected chi connectivity index (χ1v) is 3.30. The van der Waals surface area contributed by atoms with E-state index in [0.717, 1.165) is 6.42 Å². The Balaban J connectivity index is 2.23. The van der Waals surface area contributed by atoms with Crippen molar-refractivity contribution in [1.82, 2.24) is 0 Å². The molecule has 0 nitrogen and oxygen atoms in total. The van der Waals surface area contributed by atoms with Crippen LogP contribution in [0.4, 0.5) is 0 Å². The normalized spacial score (nSPS) is 39.5. The zero-order valence-electron chi connectivity index (χ0n) is 5.14. The summed E-state index contributed by atoms with van der Waals surface area (Å²) in [4.78, 5) is 0. The van der Waals surface area contributed by atoms with Crippen molar-refractivity contribution in [2.24, 2.45) is 0 Å². The third-order valence-corrected chi connectivity index (χ3v) is 1.76. The molecular weight excluding hydrogens is 93.7 g/mol. The summed E-state index contributed by atoms with van der Waals surface area (Å²) in [6.45, 7) is 0. The fraction of sp³-hybridized carbons (Fsp3) is 1.00. The van der Waals surface area contributed by atoms with Crippen LogP contribution in [-0.2, 0) is 0 Å². The van der Waals surface area contributed by atoms with Crippen molar-refractivity contribution >= 4 is 15.7 Å². The largest absolute Gasteiger partial charge is 0.0778 e. The molecule has 0 heterocycles. The maximum Gasteiger partial charge on any atom is 0.0699 e. The summed E-state index contributed by atoms with van der Waals surface area (Å²) in [7, 11) is 11.3. The van der Waals surface area contributed by atoms with E-state index in [1.807, 2.05) is 0 Å². The minimum absolute atomic E-state index is 0.388. The van der Waals surface area contributed by atoms with Gasteiger partial charge in [-0.2, -0.15) is 0 Å². The number of hydrogen-bond donors (Lipinski definition) is 0. The van der Waals surface area contributed by atoms with Crippen molar-refractivity contribution in [3.8, 4) is 0 Å². The summed E-state index contributed by atoms with van der Waals surface area (Å²) in [5, 5.41) is 0. The van der Waals surface area contributed by atoms with E-state index in [1.165, 1.54) is 19.3 Å². The third kappa shape index (κ3) is 1.57. The van der Waals surface area contributed by atoms with Gasteiger partial charge in [0.25, 0.3) is 0 Å². The first-order chi connectivity index (χ1) is 3.79. The Morgan fingerprint density at radius 1 is 1.00 bits per heavy atom. The Labute approximate surface area is 53.9 Å². The topological polar surface area (TPSA) is 0 Å². The highest BCUT2D eigenvalue weighted by Crippen LogP contribution is 2.32. The van der Waals surface area contributed by atoms with E-state index >= 15 is 0 Å². The fourth-order valence-corrected chi connectivity index (χ4v) is 1.27. The first-order valence-electron chi connectivity index (χ1n) is 3.30. The highest BCUT2D eigenvalue weighted by molar-refractivity contribution is 6.14. The van der Waals surface area contributed by atoms with Crippen molar-refractivity contribution < 1.29 is 0 Å². The van der Waals surface area contributed by atoms with Gasteiger partial charge in [-0.15, -0.1) is 0 Å². The summed E-state index contributed by atoms with van der Waals surface area (Å²) in [6.07, 6.45) is 4.60. The minimum atomic E-state index is 0.388. The zero-order chi connectivity index (χ0) is 5.98. The maximum atomic E-state index is 5.65. The van der Waals surface area contributed by atoms with Crippen molar-refractivity contribution in [1.29, 1.82) is 0 Å². The second-order valence-electron chi connectivity index (χ2n) is 2.69. The predicted octanol–water partition coefficient (Wildman–Crippen LogP) is 1.47. The van der Waals surface area contributed by atoms with Gasteiger partial charge < -0.3 is 0 Å². The van der Waals surface area contributed by atoms with Crippen LogP contribution in [0.25, 0.3) is 0 Å². The van der Waals surface area contributed by atoms with Crippen molar-refractivity contribution in [2.45, 2.75) is 37.3 Å². The van der Waals surface area contributed by atoms with E-state index in [2.05, 4.69) is 0 Å². The highest BCUT2D eigenvalue weighted by Gasteiger charge is 2.12. The Kier molecular flexibility index (Phi) is 2.04. The van der Waals surface area contributed by atoms with Gasteiger partial charge in [-0.05, 0) is 0 Å². The minimum Gasteiger partial charge on any atom is -0.0778 e. The second kappa shape index (κ2) is 2.61. The van der Waals surface area contributed by atoms with Gasteiger partial charge in [0.2, 0.25) is 0 Å². The molecule has 2 atom stereocenters. The second-order valence-corrected chi connectivity index (χ2v) is 2.69. The molecule has 2 unspecified atom stereocenters. The van der Waals surface area contributed by atoms with Crippen LogP contribution in [0.3, 0.4) is 0 Å². The van der Waals surface area contributed by atoms with Gasteiger partial charge in [0.1, 0.15) is 0 Å². The molecule has 0 saturated heterocycles. The van der Waals surface area contributed by atoms with Crippen LogP contribution >= 0.6 is 0 Å². The molecule has 0 aromatic carbocycles. The molecule has 8 heavy (non-hydrogen) atoms. The summed E-state index contributed by atoms with van der Waals surface area (Å²) in [6, 6.07) is 0. The smallest absolute Gasteiger partial charge is 0.0699 e. The average molecular weight is 104 g/mol. The molecule has 1 rings (SSSR count). The van der Waals surface area contributed by atoms with Crippen LogP contribution in [-0.4, -0.2) is 15.7 Å².